The first-order chi connectivity index (χ1) is 13.1. The van der Waals surface area contributed by atoms with Crippen LogP contribution >= 0.6 is 0 Å². The standard InChI is InChI=1S/C21H28N6/c1-5-14(2)16-10-15(3)20(23-11-16)26(4)17-7-9-27(12-17)21-18-6-8-22-19(18)24-13-25-21/h6,8,10-11,13-14,17H,5,7,9,12H2,1-4H3,(H,22,24,25). The molecule has 1 saturated heterocycles. The number of aryl methyl sites for hydroxylation is 1. The predicted octanol–water partition coefficient (Wildman–Crippen LogP) is 3.89. The van der Waals surface area contributed by atoms with Crippen LogP contribution in [0.1, 0.15) is 43.7 Å². The minimum absolute atomic E-state index is 0.426. The Labute approximate surface area is 160 Å². The van der Waals surface area contributed by atoms with Crippen LogP contribution in [0, 0.1) is 6.92 Å². The van der Waals surface area contributed by atoms with E-state index in [9.17, 15) is 0 Å². The van der Waals surface area contributed by atoms with Gasteiger partial charge in [-0.25, -0.2) is 15.0 Å². The van der Waals surface area contributed by atoms with E-state index < -0.39 is 0 Å². The number of likely N-dealkylation sites (N-methyl/N-ethyl adjacent to an activating group) is 1. The van der Waals surface area contributed by atoms with E-state index in [4.69, 9.17) is 4.98 Å². The van der Waals surface area contributed by atoms with Gasteiger partial charge in [-0.2, -0.15) is 0 Å². The zero-order valence-corrected chi connectivity index (χ0v) is 16.6. The zero-order valence-electron chi connectivity index (χ0n) is 16.6. The Morgan fingerprint density at radius 3 is 2.96 bits per heavy atom. The first-order valence-electron chi connectivity index (χ1n) is 9.81. The largest absolute Gasteiger partial charge is 0.355 e. The van der Waals surface area contributed by atoms with Crippen LogP contribution in [0.3, 0.4) is 0 Å². The maximum Gasteiger partial charge on any atom is 0.142 e. The molecule has 6 heteroatoms. The van der Waals surface area contributed by atoms with Crippen molar-refractivity contribution in [3.8, 4) is 0 Å². The van der Waals surface area contributed by atoms with Gasteiger partial charge in [-0.3, -0.25) is 0 Å². The number of fused-ring (bicyclic) bond motifs is 1. The summed E-state index contributed by atoms with van der Waals surface area (Å²) in [5.74, 6) is 2.66. The van der Waals surface area contributed by atoms with Gasteiger partial charge in [-0.05, 0) is 42.9 Å². The van der Waals surface area contributed by atoms with Gasteiger partial charge in [0.15, 0.2) is 0 Å². The molecule has 142 valence electrons. The van der Waals surface area contributed by atoms with Crippen LogP contribution in [0.4, 0.5) is 11.6 Å². The highest BCUT2D eigenvalue weighted by Gasteiger charge is 2.29. The van der Waals surface area contributed by atoms with Gasteiger partial charge in [0.25, 0.3) is 0 Å². The molecule has 6 nitrogen and oxygen atoms in total. The van der Waals surface area contributed by atoms with E-state index in [-0.39, 0.29) is 0 Å². The molecule has 0 saturated carbocycles. The van der Waals surface area contributed by atoms with E-state index in [2.05, 4.69) is 64.7 Å². The number of hydrogen-bond acceptors (Lipinski definition) is 5. The number of anilines is 2. The third-order valence-corrected chi connectivity index (χ3v) is 5.93. The summed E-state index contributed by atoms with van der Waals surface area (Å²) in [6.07, 6.45) is 7.85. The lowest BCUT2D eigenvalue weighted by Gasteiger charge is -2.28. The normalized spacial score (nSPS) is 18.2. The third kappa shape index (κ3) is 3.24. The van der Waals surface area contributed by atoms with Gasteiger partial charge in [0.2, 0.25) is 0 Å². The van der Waals surface area contributed by atoms with Gasteiger partial charge >= 0.3 is 0 Å². The molecule has 0 aromatic carbocycles. The molecule has 1 aliphatic rings. The number of rotatable bonds is 5. The summed E-state index contributed by atoms with van der Waals surface area (Å²) in [6.45, 7) is 8.60. The number of hydrogen-bond donors (Lipinski definition) is 1. The van der Waals surface area contributed by atoms with Crippen molar-refractivity contribution in [3.05, 3.63) is 42.0 Å². The number of pyridine rings is 1. The van der Waals surface area contributed by atoms with Crippen LogP contribution in [0.15, 0.2) is 30.9 Å². The van der Waals surface area contributed by atoms with Crippen molar-refractivity contribution in [1.29, 1.82) is 0 Å². The average molecular weight is 364 g/mol. The minimum atomic E-state index is 0.426. The van der Waals surface area contributed by atoms with Crippen LogP contribution in [0.25, 0.3) is 11.0 Å². The fourth-order valence-corrected chi connectivity index (χ4v) is 4.00. The molecule has 0 aliphatic carbocycles. The van der Waals surface area contributed by atoms with Gasteiger partial charge in [-0.1, -0.05) is 19.9 Å². The van der Waals surface area contributed by atoms with E-state index >= 15 is 0 Å². The summed E-state index contributed by atoms with van der Waals surface area (Å²) in [4.78, 5) is 21.5. The summed E-state index contributed by atoms with van der Waals surface area (Å²) in [6, 6.07) is 4.78. The summed E-state index contributed by atoms with van der Waals surface area (Å²) in [5.41, 5.74) is 3.48. The summed E-state index contributed by atoms with van der Waals surface area (Å²) in [5, 5.41) is 1.09. The lowest BCUT2D eigenvalue weighted by Crippen LogP contribution is -2.35. The molecule has 3 aromatic heterocycles. The Morgan fingerprint density at radius 1 is 1.33 bits per heavy atom. The van der Waals surface area contributed by atoms with Crippen LogP contribution in [0.2, 0.25) is 0 Å². The zero-order chi connectivity index (χ0) is 19.0. The van der Waals surface area contributed by atoms with Crippen LogP contribution < -0.4 is 9.80 Å². The maximum absolute atomic E-state index is 4.81. The number of nitrogens with zero attached hydrogens (tertiary/aromatic N) is 5. The summed E-state index contributed by atoms with van der Waals surface area (Å²) in [7, 11) is 2.16. The van der Waals surface area contributed by atoms with Crippen molar-refractivity contribution < 1.29 is 0 Å². The van der Waals surface area contributed by atoms with Crippen molar-refractivity contribution in [2.24, 2.45) is 0 Å². The van der Waals surface area contributed by atoms with Gasteiger partial charge in [-0.15, -0.1) is 0 Å². The quantitative estimate of drug-likeness (QED) is 0.744. The van der Waals surface area contributed by atoms with Crippen molar-refractivity contribution in [2.75, 3.05) is 29.9 Å². The number of aromatic amines is 1. The molecule has 1 N–H and O–H groups in total. The summed E-state index contributed by atoms with van der Waals surface area (Å²) < 4.78 is 0. The Balaban J connectivity index is 1.53. The van der Waals surface area contributed by atoms with Crippen molar-refractivity contribution in [3.63, 3.8) is 0 Å². The van der Waals surface area contributed by atoms with Crippen LogP contribution in [0.5, 0.6) is 0 Å². The third-order valence-electron chi connectivity index (χ3n) is 5.93. The highest BCUT2D eigenvalue weighted by molar-refractivity contribution is 5.87. The Bertz CT molecular complexity index is 933. The van der Waals surface area contributed by atoms with E-state index in [1.54, 1.807) is 6.33 Å². The van der Waals surface area contributed by atoms with Crippen LogP contribution in [-0.4, -0.2) is 46.1 Å². The van der Waals surface area contributed by atoms with Crippen molar-refractivity contribution >= 4 is 22.7 Å². The lowest BCUT2D eigenvalue weighted by atomic mass is 9.99. The topological polar surface area (TPSA) is 60.9 Å². The first-order valence-corrected chi connectivity index (χ1v) is 9.81. The molecule has 4 rings (SSSR count). The van der Waals surface area contributed by atoms with Crippen molar-refractivity contribution in [1.82, 2.24) is 19.9 Å². The van der Waals surface area contributed by atoms with E-state index in [1.165, 1.54) is 11.1 Å². The predicted molar refractivity (Wildman–Crippen MR) is 111 cm³/mol. The Morgan fingerprint density at radius 2 is 2.19 bits per heavy atom. The fourth-order valence-electron chi connectivity index (χ4n) is 4.00. The number of aromatic nitrogens is 4. The van der Waals surface area contributed by atoms with E-state index in [0.29, 0.717) is 12.0 Å². The second-order valence-corrected chi connectivity index (χ2v) is 7.66. The number of H-pyrrole nitrogens is 1. The molecule has 1 aliphatic heterocycles. The smallest absolute Gasteiger partial charge is 0.142 e. The average Bonchev–Trinajstić information content (AvgIpc) is 3.36. The molecule has 1 fully saturated rings. The molecular formula is C21H28N6. The Hall–Kier alpha value is -2.63. The molecule has 0 bridgehead atoms. The molecule has 0 radical (unpaired) electrons. The highest BCUT2D eigenvalue weighted by atomic mass is 15.3. The SMILES string of the molecule is CCC(C)c1cnc(N(C)C2CCN(c3ncnc4[nH]ccc34)C2)c(C)c1. The second-order valence-electron chi connectivity index (χ2n) is 7.66. The van der Waals surface area contributed by atoms with Gasteiger partial charge in [0.05, 0.1) is 5.39 Å². The number of nitrogens with one attached hydrogen (secondary N) is 1. The molecule has 4 heterocycles. The van der Waals surface area contributed by atoms with Gasteiger partial charge in [0.1, 0.15) is 23.6 Å². The molecule has 0 spiro atoms. The monoisotopic (exact) mass is 364 g/mol. The van der Waals surface area contributed by atoms with Gasteiger partial charge in [0, 0.05) is 38.6 Å². The first kappa shape index (κ1) is 17.8. The highest BCUT2D eigenvalue weighted by Crippen LogP contribution is 2.30. The maximum atomic E-state index is 4.81. The van der Waals surface area contributed by atoms with Crippen molar-refractivity contribution in [2.45, 2.75) is 45.6 Å². The molecule has 3 aromatic rings. The fraction of sp³-hybridized carbons (Fsp3) is 0.476. The van der Waals surface area contributed by atoms with Gasteiger partial charge < -0.3 is 14.8 Å². The molecule has 27 heavy (non-hydrogen) atoms. The lowest BCUT2D eigenvalue weighted by molar-refractivity contribution is 0.678. The van der Waals surface area contributed by atoms with E-state index in [1.807, 2.05) is 12.4 Å². The molecule has 2 unspecified atom stereocenters. The minimum Gasteiger partial charge on any atom is -0.355 e. The summed E-state index contributed by atoms with van der Waals surface area (Å²) >= 11 is 0. The second kappa shape index (κ2) is 7.18. The van der Waals surface area contributed by atoms with E-state index in [0.717, 1.165) is 48.6 Å². The molecular weight excluding hydrogens is 336 g/mol. The molecule has 2 atom stereocenters. The van der Waals surface area contributed by atoms with Crippen LogP contribution in [-0.2, 0) is 0 Å². The molecule has 0 amide bonds. The Kier molecular flexibility index (Phi) is 4.72.